The monoisotopic (exact) mass is 385 g/mol. The van der Waals surface area contributed by atoms with E-state index in [2.05, 4.69) is 11.9 Å². The van der Waals surface area contributed by atoms with Crippen molar-refractivity contribution in [3.05, 3.63) is 53.9 Å². The molecule has 0 unspecified atom stereocenters. The molecular formula is C22H27NO5. The van der Waals surface area contributed by atoms with Gasteiger partial charge in [-0.05, 0) is 49.7 Å². The highest BCUT2D eigenvalue weighted by Crippen LogP contribution is 2.19. The second-order valence-corrected chi connectivity index (χ2v) is 6.25. The van der Waals surface area contributed by atoms with E-state index in [1.165, 1.54) is 37.8 Å². The molecule has 2 aromatic rings. The fraction of sp³-hybridized carbons (Fsp3) is 0.409. The minimum absolute atomic E-state index is 0.0398. The number of hydrogen-bond acceptors (Lipinski definition) is 6. The van der Waals surface area contributed by atoms with Crippen molar-refractivity contribution in [2.45, 2.75) is 46.0 Å². The molecule has 0 aliphatic heterocycles. The van der Waals surface area contributed by atoms with Crippen LogP contribution in [0.4, 0.5) is 0 Å². The maximum absolute atomic E-state index is 12.3. The van der Waals surface area contributed by atoms with Crippen molar-refractivity contribution in [1.29, 1.82) is 0 Å². The molecule has 1 aromatic heterocycles. The van der Waals surface area contributed by atoms with Crippen molar-refractivity contribution in [3.8, 4) is 11.5 Å². The number of benzene rings is 1. The molecule has 0 fully saturated rings. The lowest BCUT2D eigenvalue weighted by Gasteiger charge is -2.08. The van der Waals surface area contributed by atoms with Crippen molar-refractivity contribution in [3.63, 3.8) is 0 Å². The normalized spacial score (nSPS) is 10.4. The van der Waals surface area contributed by atoms with Gasteiger partial charge in [-0.15, -0.1) is 0 Å². The van der Waals surface area contributed by atoms with Crippen LogP contribution < -0.4 is 9.47 Å². The summed E-state index contributed by atoms with van der Waals surface area (Å²) >= 11 is 0. The number of rotatable bonds is 11. The fourth-order valence-electron chi connectivity index (χ4n) is 2.53. The molecular weight excluding hydrogens is 358 g/mol. The van der Waals surface area contributed by atoms with E-state index in [-0.39, 0.29) is 18.0 Å². The quantitative estimate of drug-likeness (QED) is 0.313. The van der Waals surface area contributed by atoms with Gasteiger partial charge in [0.2, 0.25) is 0 Å². The number of hydrogen-bond donors (Lipinski definition) is 0. The van der Waals surface area contributed by atoms with Gasteiger partial charge in [-0.3, -0.25) is 0 Å². The largest absolute Gasteiger partial charge is 0.494 e. The third kappa shape index (κ3) is 7.02. The number of unbranched alkanes of at least 4 members (excludes halogenated alkanes) is 4. The van der Waals surface area contributed by atoms with Gasteiger partial charge < -0.3 is 14.2 Å². The highest BCUT2D eigenvalue weighted by atomic mass is 16.5. The Labute approximate surface area is 165 Å². The van der Waals surface area contributed by atoms with Crippen LogP contribution in [-0.4, -0.2) is 30.1 Å². The lowest BCUT2D eigenvalue weighted by Crippen LogP contribution is -2.14. The molecule has 6 heteroatoms. The van der Waals surface area contributed by atoms with Crippen molar-refractivity contribution >= 4 is 11.9 Å². The highest BCUT2D eigenvalue weighted by Gasteiger charge is 2.15. The number of nitrogens with zero attached hydrogens (tertiary/aromatic N) is 1. The molecule has 0 amide bonds. The molecule has 6 nitrogen and oxygen atoms in total. The summed E-state index contributed by atoms with van der Waals surface area (Å²) in [4.78, 5) is 28.0. The molecule has 0 saturated carbocycles. The molecule has 0 bridgehead atoms. The first-order chi connectivity index (χ1) is 13.6. The second-order valence-electron chi connectivity index (χ2n) is 6.25. The Morgan fingerprint density at radius 3 is 2.14 bits per heavy atom. The minimum Gasteiger partial charge on any atom is -0.494 e. The zero-order valence-corrected chi connectivity index (χ0v) is 16.5. The first kappa shape index (κ1) is 21.4. The number of pyridine rings is 1. The van der Waals surface area contributed by atoms with Crippen LogP contribution in [0.1, 0.15) is 66.9 Å². The number of carbonyl (C=O) groups excluding carboxylic acids is 2. The molecule has 150 valence electrons. The van der Waals surface area contributed by atoms with Gasteiger partial charge in [-0.1, -0.05) is 38.7 Å². The van der Waals surface area contributed by atoms with Crippen LogP contribution in [0.2, 0.25) is 0 Å². The number of carbonyl (C=O) groups is 2. The third-order valence-corrected chi connectivity index (χ3v) is 3.99. The van der Waals surface area contributed by atoms with Gasteiger partial charge in [0.1, 0.15) is 22.9 Å². The van der Waals surface area contributed by atoms with Gasteiger partial charge in [0.05, 0.1) is 13.2 Å². The molecule has 0 saturated heterocycles. The molecule has 28 heavy (non-hydrogen) atoms. The standard InChI is InChI=1S/C22H27NO5/c1-3-5-6-7-8-16-27-17-12-14-18(15-13-17)28-22(25)20-11-9-10-19(23-20)21(24)26-4-2/h9-15H,3-8,16H2,1-2H3. The van der Waals surface area contributed by atoms with Gasteiger partial charge in [-0.2, -0.15) is 0 Å². The maximum atomic E-state index is 12.3. The summed E-state index contributed by atoms with van der Waals surface area (Å²) in [6.07, 6.45) is 5.92. The average Bonchev–Trinajstić information content (AvgIpc) is 2.72. The summed E-state index contributed by atoms with van der Waals surface area (Å²) < 4.78 is 15.9. The zero-order chi connectivity index (χ0) is 20.2. The van der Waals surface area contributed by atoms with Crippen LogP contribution in [0.15, 0.2) is 42.5 Å². The topological polar surface area (TPSA) is 74.7 Å². The van der Waals surface area contributed by atoms with Crippen molar-refractivity contribution < 1.29 is 23.8 Å². The first-order valence-corrected chi connectivity index (χ1v) is 9.73. The molecule has 0 aliphatic rings. The second kappa shape index (κ2) is 11.7. The third-order valence-electron chi connectivity index (χ3n) is 3.99. The SMILES string of the molecule is CCCCCCCOc1ccc(OC(=O)c2cccc(C(=O)OCC)n2)cc1. The van der Waals surface area contributed by atoms with Gasteiger partial charge in [-0.25, -0.2) is 14.6 Å². The summed E-state index contributed by atoms with van der Waals surface area (Å²) in [5.41, 5.74) is 0.108. The lowest BCUT2D eigenvalue weighted by atomic mass is 10.2. The van der Waals surface area contributed by atoms with Crippen molar-refractivity contribution in [2.75, 3.05) is 13.2 Å². The van der Waals surface area contributed by atoms with Crippen LogP contribution in [0, 0.1) is 0 Å². The van der Waals surface area contributed by atoms with Gasteiger partial charge >= 0.3 is 11.9 Å². The van der Waals surface area contributed by atoms with E-state index >= 15 is 0 Å². The van der Waals surface area contributed by atoms with Gasteiger partial charge in [0.15, 0.2) is 0 Å². The highest BCUT2D eigenvalue weighted by molar-refractivity contribution is 5.92. The zero-order valence-electron chi connectivity index (χ0n) is 16.5. The van der Waals surface area contributed by atoms with Crippen molar-refractivity contribution in [2.24, 2.45) is 0 Å². The summed E-state index contributed by atoms with van der Waals surface area (Å²) in [6, 6.07) is 11.4. The predicted molar refractivity (Wildman–Crippen MR) is 106 cm³/mol. The van der Waals surface area contributed by atoms with E-state index in [0.29, 0.717) is 12.4 Å². The van der Waals surface area contributed by atoms with E-state index < -0.39 is 11.9 Å². The Morgan fingerprint density at radius 2 is 1.46 bits per heavy atom. The van der Waals surface area contributed by atoms with E-state index in [4.69, 9.17) is 14.2 Å². The van der Waals surface area contributed by atoms with E-state index in [1.54, 1.807) is 37.3 Å². The molecule has 1 heterocycles. The Balaban J connectivity index is 1.85. The van der Waals surface area contributed by atoms with Gasteiger partial charge in [0, 0.05) is 0 Å². The Bertz CT molecular complexity index is 758. The first-order valence-electron chi connectivity index (χ1n) is 9.73. The van der Waals surface area contributed by atoms with E-state index in [0.717, 1.165) is 12.2 Å². The van der Waals surface area contributed by atoms with E-state index in [1.807, 2.05) is 0 Å². The number of aromatic nitrogens is 1. The minimum atomic E-state index is -0.643. The molecule has 0 atom stereocenters. The van der Waals surface area contributed by atoms with Crippen molar-refractivity contribution in [1.82, 2.24) is 4.98 Å². The molecule has 0 N–H and O–H groups in total. The molecule has 0 spiro atoms. The molecule has 2 rings (SSSR count). The van der Waals surface area contributed by atoms with Crippen LogP contribution in [0.5, 0.6) is 11.5 Å². The van der Waals surface area contributed by atoms with Crippen LogP contribution in [0.25, 0.3) is 0 Å². The number of ether oxygens (including phenoxy) is 3. The predicted octanol–water partition coefficient (Wildman–Crippen LogP) is 4.83. The fourth-order valence-corrected chi connectivity index (χ4v) is 2.53. The molecule has 0 aliphatic carbocycles. The summed E-state index contributed by atoms with van der Waals surface area (Å²) in [7, 11) is 0. The summed E-state index contributed by atoms with van der Waals surface area (Å²) in [6.45, 7) is 4.81. The Hall–Kier alpha value is -2.89. The van der Waals surface area contributed by atoms with Crippen LogP contribution in [-0.2, 0) is 4.74 Å². The maximum Gasteiger partial charge on any atom is 0.362 e. The van der Waals surface area contributed by atoms with Gasteiger partial charge in [0.25, 0.3) is 0 Å². The molecule has 1 aromatic carbocycles. The summed E-state index contributed by atoms with van der Waals surface area (Å²) in [5, 5.41) is 0. The summed E-state index contributed by atoms with van der Waals surface area (Å²) in [5.74, 6) is -0.106. The number of esters is 2. The van der Waals surface area contributed by atoms with E-state index in [9.17, 15) is 9.59 Å². The molecule has 0 radical (unpaired) electrons. The van der Waals surface area contributed by atoms with Crippen LogP contribution in [0.3, 0.4) is 0 Å². The Kier molecular flexibility index (Phi) is 8.98. The van der Waals surface area contributed by atoms with Crippen LogP contribution >= 0.6 is 0 Å². The Morgan fingerprint density at radius 1 is 0.821 bits per heavy atom. The lowest BCUT2D eigenvalue weighted by molar-refractivity contribution is 0.0519. The smallest absolute Gasteiger partial charge is 0.362 e. The average molecular weight is 385 g/mol.